The minimum absolute atomic E-state index is 0.200. The van der Waals surface area contributed by atoms with E-state index in [1.54, 1.807) is 18.2 Å². The highest BCUT2D eigenvalue weighted by Crippen LogP contribution is 2.34. The van der Waals surface area contributed by atoms with Crippen molar-refractivity contribution in [3.8, 4) is 11.5 Å². The van der Waals surface area contributed by atoms with E-state index in [4.69, 9.17) is 14.2 Å². The van der Waals surface area contributed by atoms with E-state index in [9.17, 15) is 9.18 Å². The lowest BCUT2D eigenvalue weighted by molar-refractivity contribution is -0.116. The predicted octanol–water partition coefficient (Wildman–Crippen LogP) is 4.50. The van der Waals surface area contributed by atoms with Crippen LogP contribution in [0.4, 0.5) is 4.39 Å². The van der Waals surface area contributed by atoms with E-state index in [1.165, 1.54) is 12.1 Å². The second kappa shape index (κ2) is 11.0. The van der Waals surface area contributed by atoms with Crippen LogP contribution < -0.4 is 14.8 Å². The summed E-state index contributed by atoms with van der Waals surface area (Å²) in [7, 11) is 0. The quantitative estimate of drug-likeness (QED) is 0.599. The van der Waals surface area contributed by atoms with Crippen LogP contribution in [0.3, 0.4) is 0 Å². The molecule has 31 heavy (non-hydrogen) atoms. The minimum Gasteiger partial charge on any atom is -0.490 e. The first-order valence-electron chi connectivity index (χ1n) is 10.8. The number of hydrogen-bond donors (Lipinski definition) is 1. The van der Waals surface area contributed by atoms with E-state index in [0.717, 1.165) is 24.0 Å². The molecule has 0 radical (unpaired) electrons. The zero-order valence-electron chi connectivity index (χ0n) is 18.2. The number of hydrogen-bond acceptors (Lipinski definition) is 4. The van der Waals surface area contributed by atoms with Gasteiger partial charge in [-0.3, -0.25) is 4.79 Å². The molecule has 0 atom stereocenters. The maximum atomic E-state index is 13.8. The Hall–Kier alpha value is -2.86. The molecule has 1 fully saturated rings. The van der Waals surface area contributed by atoms with Gasteiger partial charge < -0.3 is 19.5 Å². The van der Waals surface area contributed by atoms with Crippen LogP contribution in [0, 0.1) is 5.82 Å². The molecule has 1 heterocycles. The summed E-state index contributed by atoms with van der Waals surface area (Å²) in [5, 5.41) is 2.99. The van der Waals surface area contributed by atoms with Crippen LogP contribution in [0.1, 0.15) is 37.8 Å². The van der Waals surface area contributed by atoms with Gasteiger partial charge in [-0.25, -0.2) is 4.39 Å². The van der Waals surface area contributed by atoms with Crippen molar-refractivity contribution in [2.45, 2.75) is 32.1 Å². The molecule has 1 saturated heterocycles. The third-order valence-corrected chi connectivity index (χ3v) is 5.48. The Morgan fingerprint density at radius 2 is 1.84 bits per heavy atom. The van der Waals surface area contributed by atoms with Gasteiger partial charge in [0, 0.05) is 31.2 Å². The first-order valence-corrected chi connectivity index (χ1v) is 10.8. The van der Waals surface area contributed by atoms with E-state index >= 15 is 0 Å². The fourth-order valence-corrected chi connectivity index (χ4v) is 3.81. The molecule has 1 aliphatic rings. The van der Waals surface area contributed by atoms with Gasteiger partial charge in [-0.05, 0) is 68.2 Å². The van der Waals surface area contributed by atoms with Gasteiger partial charge >= 0.3 is 0 Å². The van der Waals surface area contributed by atoms with Crippen LogP contribution in [0.25, 0.3) is 6.08 Å². The maximum Gasteiger partial charge on any atom is 0.244 e. The third kappa shape index (κ3) is 6.07. The van der Waals surface area contributed by atoms with Gasteiger partial charge in [0.05, 0.1) is 13.2 Å². The van der Waals surface area contributed by atoms with Crippen LogP contribution in [-0.2, 0) is 14.9 Å². The summed E-state index contributed by atoms with van der Waals surface area (Å²) in [4.78, 5) is 12.5. The van der Waals surface area contributed by atoms with Crippen molar-refractivity contribution >= 4 is 12.0 Å². The van der Waals surface area contributed by atoms with E-state index in [0.29, 0.717) is 44.5 Å². The lowest BCUT2D eigenvalue weighted by Gasteiger charge is -2.37. The van der Waals surface area contributed by atoms with Gasteiger partial charge in [-0.2, -0.15) is 0 Å². The highest BCUT2D eigenvalue weighted by atomic mass is 19.1. The molecule has 2 aromatic carbocycles. The van der Waals surface area contributed by atoms with Crippen molar-refractivity contribution in [2.24, 2.45) is 0 Å². The monoisotopic (exact) mass is 427 g/mol. The van der Waals surface area contributed by atoms with Crippen LogP contribution in [0.15, 0.2) is 48.5 Å². The molecule has 1 amide bonds. The number of rotatable bonds is 9. The van der Waals surface area contributed by atoms with Crippen molar-refractivity contribution in [3.05, 3.63) is 65.5 Å². The van der Waals surface area contributed by atoms with E-state index in [1.807, 2.05) is 38.1 Å². The van der Waals surface area contributed by atoms with Crippen LogP contribution in [0.2, 0.25) is 0 Å². The number of carbonyl (C=O) groups excluding carboxylic acids is 1. The minimum atomic E-state index is -0.328. The van der Waals surface area contributed by atoms with E-state index in [2.05, 4.69) is 5.32 Å². The van der Waals surface area contributed by atoms with E-state index in [-0.39, 0.29) is 17.1 Å². The van der Waals surface area contributed by atoms with Crippen molar-refractivity contribution in [1.82, 2.24) is 5.32 Å². The molecule has 0 saturated carbocycles. The molecule has 166 valence electrons. The second-order valence-corrected chi connectivity index (χ2v) is 7.53. The number of carbonyl (C=O) groups is 1. The number of amides is 1. The zero-order valence-corrected chi connectivity index (χ0v) is 18.2. The summed E-state index contributed by atoms with van der Waals surface area (Å²) in [5.41, 5.74) is 1.41. The molecule has 5 nitrogen and oxygen atoms in total. The van der Waals surface area contributed by atoms with Crippen LogP contribution >= 0.6 is 0 Å². The molecule has 0 unspecified atom stereocenters. The summed E-state index contributed by atoms with van der Waals surface area (Å²) in [6.07, 6.45) is 4.71. The summed E-state index contributed by atoms with van der Waals surface area (Å²) < 4.78 is 30.5. The summed E-state index contributed by atoms with van der Waals surface area (Å²) in [6, 6.07) is 12.2. The summed E-state index contributed by atoms with van der Waals surface area (Å²) >= 11 is 0. The van der Waals surface area contributed by atoms with Crippen LogP contribution in [-0.4, -0.2) is 38.9 Å². The smallest absolute Gasteiger partial charge is 0.244 e. The molecule has 3 rings (SSSR count). The topological polar surface area (TPSA) is 56.8 Å². The first-order chi connectivity index (χ1) is 15.1. The lowest BCUT2D eigenvalue weighted by atomic mass is 9.74. The molecule has 6 heteroatoms. The Morgan fingerprint density at radius 1 is 1.10 bits per heavy atom. The molecular weight excluding hydrogens is 397 g/mol. The highest BCUT2D eigenvalue weighted by Gasteiger charge is 2.35. The van der Waals surface area contributed by atoms with Gasteiger partial charge in [0.1, 0.15) is 5.82 Å². The SMILES string of the molecule is CCOc1ccc(C=CC(=O)NCC2(c3cccc(F)c3)CCOCC2)cc1OCC. The fourth-order valence-electron chi connectivity index (χ4n) is 3.81. The predicted molar refractivity (Wildman–Crippen MR) is 119 cm³/mol. The number of benzene rings is 2. The van der Waals surface area contributed by atoms with Gasteiger partial charge in [-0.1, -0.05) is 18.2 Å². The normalized spacial score (nSPS) is 15.6. The molecule has 0 spiro atoms. The Bertz CT molecular complexity index is 906. The number of halogens is 1. The number of ether oxygens (including phenoxy) is 3. The number of nitrogens with one attached hydrogen (secondary N) is 1. The average Bonchev–Trinajstić information content (AvgIpc) is 2.79. The second-order valence-electron chi connectivity index (χ2n) is 7.53. The Labute approximate surface area is 183 Å². The Morgan fingerprint density at radius 3 is 2.55 bits per heavy atom. The molecule has 0 aromatic heterocycles. The molecule has 0 aliphatic carbocycles. The van der Waals surface area contributed by atoms with Gasteiger partial charge in [0.25, 0.3) is 0 Å². The maximum absolute atomic E-state index is 13.8. The van der Waals surface area contributed by atoms with Crippen molar-refractivity contribution in [2.75, 3.05) is 33.0 Å². The fraction of sp³-hybridized carbons (Fsp3) is 0.400. The third-order valence-electron chi connectivity index (χ3n) is 5.48. The van der Waals surface area contributed by atoms with Crippen molar-refractivity contribution < 1.29 is 23.4 Å². The van der Waals surface area contributed by atoms with Crippen LogP contribution in [0.5, 0.6) is 11.5 Å². The molecule has 0 bridgehead atoms. The van der Waals surface area contributed by atoms with Gasteiger partial charge in [0.2, 0.25) is 5.91 Å². The molecular formula is C25H30FNO4. The first kappa shape index (κ1) is 22.8. The molecule has 2 aromatic rings. The summed E-state index contributed by atoms with van der Waals surface area (Å²) in [5.74, 6) is 0.867. The Balaban J connectivity index is 1.68. The van der Waals surface area contributed by atoms with Crippen molar-refractivity contribution in [1.29, 1.82) is 0 Å². The standard InChI is InChI=1S/C25H30FNO4/c1-3-30-22-10-8-19(16-23(22)31-4-2)9-11-24(28)27-18-25(12-14-29-15-13-25)20-6-5-7-21(26)17-20/h5-11,16-17H,3-4,12-15,18H2,1-2H3,(H,27,28). The highest BCUT2D eigenvalue weighted by molar-refractivity contribution is 5.91. The molecule has 1 N–H and O–H groups in total. The largest absolute Gasteiger partial charge is 0.490 e. The average molecular weight is 428 g/mol. The van der Waals surface area contributed by atoms with Crippen molar-refractivity contribution in [3.63, 3.8) is 0 Å². The van der Waals surface area contributed by atoms with Gasteiger partial charge in [0.15, 0.2) is 11.5 Å². The lowest BCUT2D eigenvalue weighted by Crippen LogP contribution is -2.44. The van der Waals surface area contributed by atoms with Gasteiger partial charge in [-0.15, -0.1) is 0 Å². The van der Waals surface area contributed by atoms with E-state index < -0.39 is 0 Å². The Kier molecular flexibility index (Phi) is 8.06. The molecule has 1 aliphatic heterocycles. The zero-order chi connectivity index (χ0) is 22.1. The summed E-state index contributed by atoms with van der Waals surface area (Å²) in [6.45, 7) is 6.52.